The van der Waals surface area contributed by atoms with Crippen LogP contribution in [0.3, 0.4) is 0 Å². The minimum atomic E-state index is -1.15. The Kier molecular flexibility index (Phi) is 4.94. The number of hydrogen-bond acceptors (Lipinski definition) is 5. The number of rotatable bonds is 4. The van der Waals surface area contributed by atoms with E-state index in [4.69, 9.17) is 4.42 Å². The van der Waals surface area contributed by atoms with Crippen LogP contribution in [0.5, 0.6) is 0 Å². The second-order valence-corrected chi connectivity index (χ2v) is 8.97. The topological polar surface area (TPSA) is 70.8 Å². The van der Waals surface area contributed by atoms with Gasteiger partial charge in [0.1, 0.15) is 11.6 Å². The van der Waals surface area contributed by atoms with Crippen LogP contribution in [0.1, 0.15) is 21.5 Å². The van der Waals surface area contributed by atoms with Gasteiger partial charge in [0.05, 0.1) is 5.57 Å². The van der Waals surface area contributed by atoms with Crippen LogP contribution in [0.15, 0.2) is 80.2 Å². The van der Waals surface area contributed by atoms with E-state index in [2.05, 4.69) is 15.9 Å². The molecular weight excluding hydrogens is 504 g/mol. The monoisotopic (exact) mass is 515 g/mol. The molecule has 160 valence electrons. The average molecular weight is 516 g/mol. The lowest BCUT2D eigenvalue weighted by Gasteiger charge is -2.25. The molecule has 3 heterocycles. The molecule has 5 nitrogen and oxygen atoms in total. The Balaban J connectivity index is 1.64. The summed E-state index contributed by atoms with van der Waals surface area (Å²) in [6, 6.07) is 12.1. The number of carbonyl (C=O) groups is 2. The molecule has 9 heteroatoms. The number of amides is 1. The molecule has 1 aliphatic rings. The summed E-state index contributed by atoms with van der Waals surface area (Å²) >= 11 is 4.62. The van der Waals surface area contributed by atoms with Gasteiger partial charge < -0.3 is 9.52 Å². The first-order chi connectivity index (χ1) is 15.3. The maximum Gasteiger partial charge on any atom is 0.294 e. The van der Waals surface area contributed by atoms with Crippen molar-refractivity contribution in [3.8, 4) is 0 Å². The number of fused-ring (bicyclic) bond motifs is 1. The molecule has 0 spiro atoms. The Labute approximate surface area is 192 Å². The van der Waals surface area contributed by atoms with Gasteiger partial charge in [0, 0.05) is 26.5 Å². The fourth-order valence-electron chi connectivity index (χ4n) is 3.71. The number of nitrogens with zero attached hydrogens (tertiary/aromatic N) is 1. The third-order valence-corrected chi connectivity index (χ3v) is 6.57. The average Bonchev–Trinajstić information content (AvgIpc) is 3.49. The Hall–Kier alpha value is -3.30. The molecule has 1 amide bonds. The summed E-state index contributed by atoms with van der Waals surface area (Å²) in [5, 5.41) is 13.1. The van der Waals surface area contributed by atoms with Crippen molar-refractivity contribution < 1.29 is 27.9 Å². The highest BCUT2D eigenvalue weighted by Gasteiger charge is 2.46. The molecule has 0 fully saturated rings. The van der Waals surface area contributed by atoms with Crippen molar-refractivity contribution in [2.45, 2.75) is 6.04 Å². The Morgan fingerprint density at radius 2 is 1.91 bits per heavy atom. The van der Waals surface area contributed by atoms with E-state index in [1.807, 2.05) is 0 Å². The van der Waals surface area contributed by atoms with E-state index in [1.54, 1.807) is 35.7 Å². The molecule has 0 saturated carbocycles. The van der Waals surface area contributed by atoms with Gasteiger partial charge in [0.25, 0.3) is 5.91 Å². The molecule has 0 aliphatic carbocycles. The predicted octanol–water partition coefficient (Wildman–Crippen LogP) is 6.32. The lowest BCUT2D eigenvalue weighted by molar-refractivity contribution is -0.117. The number of ketones is 1. The van der Waals surface area contributed by atoms with Gasteiger partial charge in [-0.05, 0) is 47.8 Å². The van der Waals surface area contributed by atoms with Crippen molar-refractivity contribution in [1.29, 1.82) is 0 Å². The van der Waals surface area contributed by atoms with Crippen LogP contribution in [0.25, 0.3) is 11.0 Å². The molecule has 1 unspecified atom stereocenters. The zero-order valence-electron chi connectivity index (χ0n) is 16.0. The molecule has 1 aliphatic heterocycles. The number of carbonyl (C=O) groups excluding carboxylic acids is 2. The van der Waals surface area contributed by atoms with E-state index in [9.17, 15) is 23.5 Å². The maximum atomic E-state index is 13.9. The smallest absolute Gasteiger partial charge is 0.294 e. The Morgan fingerprint density at radius 3 is 2.62 bits per heavy atom. The van der Waals surface area contributed by atoms with Gasteiger partial charge in [-0.3, -0.25) is 14.5 Å². The normalized spacial score (nSPS) is 16.4. The van der Waals surface area contributed by atoms with Crippen molar-refractivity contribution in [3.05, 3.63) is 98.1 Å². The standard InChI is InChI=1S/C23H12BrF2NO4S/c24-12-3-6-16-11(8-12)9-17(31-16)21(28)19-20(18-2-1-7-32-18)27(23(30)22(19)29)13-4-5-14(25)15(26)10-13/h1-10,20,29H. The summed E-state index contributed by atoms with van der Waals surface area (Å²) in [5.41, 5.74) is 0.279. The molecule has 2 aromatic heterocycles. The number of hydrogen-bond donors (Lipinski definition) is 1. The molecule has 1 atom stereocenters. The van der Waals surface area contributed by atoms with Gasteiger partial charge in [-0.2, -0.15) is 0 Å². The number of benzene rings is 2. The second-order valence-electron chi connectivity index (χ2n) is 7.08. The van der Waals surface area contributed by atoms with Gasteiger partial charge in [-0.1, -0.05) is 22.0 Å². The van der Waals surface area contributed by atoms with E-state index in [-0.39, 0.29) is 17.0 Å². The van der Waals surface area contributed by atoms with Crippen molar-refractivity contribution >= 4 is 55.6 Å². The Morgan fingerprint density at radius 1 is 1.09 bits per heavy atom. The van der Waals surface area contributed by atoms with Crippen LogP contribution in [0, 0.1) is 11.6 Å². The lowest BCUT2D eigenvalue weighted by Crippen LogP contribution is -2.30. The molecule has 32 heavy (non-hydrogen) atoms. The van der Waals surface area contributed by atoms with Crippen LogP contribution in [-0.2, 0) is 4.79 Å². The fourth-order valence-corrected chi connectivity index (χ4v) is 4.92. The molecule has 0 bridgehead atoms. The molecule has 1 N–H and O–H groups in total. The number of furan rings is 1. The summed E-state index contributed by atoms with van der Waals surface area (Å²) < 4.78 is 33.9. The number of thiophene rings is 1. The van der Waals surface area contributed by atoms with Crippen molar-refractivity contribution in [2.75, 3.05) is 4.90 Å². The van der Waals surface area contributed by atoms with Gasteiger partial charge in [-0.15, -0.1) is 11.3 Å². The number of anilines is 1. The largest absolute Gasteiger partial charge is 0.503 e. The van der Waals surface area contributed by atoms with E-state index < -0.39 is 35.1 Å². The van der Waals surface area contributed by atoms with Crippen molar-refractivity contribution in [2.24, 2.45) is 0 Å². The zero-order chi connectivity index (χ0) is 22.6. The highest BCUT2D eigenvalue weighted by molar-refractivity contribution is 9.10. The number of halogens is 3. The van der Waals surface area contributed by atoms with Gasteiger partial charge >= 0.3 is 0 Å². The van der Waals surface area contributed by atoms with Gasteiger partial charge in [0.2, 0.25) is 5.78 Å². The Bertz CT molecular complexity index is 1430. The minimum absolute atomic E-state index is 0.00943. The lowest BCUT2D eigenvalue weighted by atomic mass is 10.00. The SMILES string of the molecule is O=C(C1=C(O)C(=O)N(c2ccc(F)c(F)c2)C1c1cccs1)c1cc2cc(Br)ccc2o1. The van der Waals surface area contributed by atoms with E-state index in [0.29, 0.717) is 15.8 Å². The molecule has 2 aromatic carbocycles. The summed E-state index contributed by atoms with van der Waals surface area (Å²) in [5.74, 6) is -4.61. The summed E-state index contributed by atoms with van der Waals surface area (Å²) in [6.07, 6.45) is 0. The van der Waals surface area contributed by atoms with E-state index in [1.165, 1.54) is 23.5 Å². The van der Waals surface area contributed by atoms with E-state index in [0.717, 1.165) is 21.5 Å². The van der Waals surface area contributed by atoms with Crippen LogP contribution < -0.4 is 4.90 Å². The predicted molar refractivity (Wildman–Crippen MR) is 119 cm³/mol. The second kappa shape index (κ2) is 7.68. The van der Waals surface area contributed by atoms with Crippen molar-refractivity contribution in [1.82, 2.24) is 0 Å². The minimum Gasteiger partial charge on any atom is -0.503 e. The van der Waals surface area contributed by atoms with Crippen LogP contribution in [0.2, 0.25) is 0 Å². The van der Waals surface area contributed by atoms with Crippen LogP contribution in [0.4, 0.5) is 14.5 Å². The van der Waals surface area contributed by atoms with Gasteiger partial charge in [-0.25, -0.2) is 8.78 Å². The molecule has 0 radical (unpaired) electrons. The quantitative estimate of drug-likeness (QED) is 0.323. The fraction of sp³-hybridized carbons (Fsp3) is 0.0435. The molecule has 4 aromatic rings. The van der Waals surface area contributed by atoms with Crippen LogP contribution >= 0.6 is 27.3 Å². The number of Topliss-reactive ketones (excluding diaryl/α,β-unsaturated/α-hetero) is 1. The zero-order valence-corrected chi connectivity index (χ0v) is 18.4. The molecular formula is C23H12BrF2NO4S. The van der Waals surface area contributed by atoms with E-state index >= 15 is 0 Å². The first kappa shape index (κ1) is 20.6. The number of aliphatic hydroxyl groups excluding tert-OH is 1. The first-order valence-corrected chi connectivity index (χ1v) is 11.0. The number of aliphatic hydroxyl groups is 1. The summed E-state index contributed by atoms with van der Waals surface area (Å²) in [6.45, 7) is 0. The van der Waals surface area contributed by atoms with Crippen LogP contribution in [-0.4, -0.2) is 16.8 Å². The van der Waals surface area contributed by atoms with Crippen molar-refractivity contribution in [3.63, 3.8) is 0 Å². The van der Waals surface area contributed by atoms with Gasteiger partial charge in [0.15, 0.2) is 23.2 Å². The third-order valence-electron chi connectivity index (χ3n) is 5.15. The maximum absolute atomic E-state index is 13.9. The highest BCUT2D eigenvalue weighted by atomic mass is 79.9. The molecule has 0 saturated heterocycles. The summed E-state index contributed by atoms with van der Waals surface area (Å²) in [7, 11) is 0. The molecule has 5 rings (SSSR count). The first-order valence-electron chi connectivity index (χ1n) is 9.34. The third kappa shape index (κ3) is 3.25. The highest BCUT2D eigenvalue weighted by Crippen LogP contribution is 2.44. The summed E-state index contributed by atoms with van der Waals surface area (Å²) in [4.78, 5) is 28.1.